The largest absolute Gasteiger partial charge is 0.388 e. The van der Waals surface area contributed by atoms with Crippen LogP contribution >= 0.6 is 0 Å². The maximum Gasteiger partial charge on any atom is 0.239 e. The molecule has 0 bridgehead atoms. The third-order valence-corrected chi connectivity index (χ3v) is 2.73. The van der Waals surface area contributed by atoms with Crippen LogP contribution in [0.1, 0.15) is 33.6 Å². The number of ether oxygens (including phenoxy) is 1. The average Bonchev–Trinajstić information content (AvgIpc) is 2.23. The fourth-order valence-corrected chi connectivity index (χ4v) is 1.04. The number of nitrogens with two attached hydrogens (primary N) is 1. The van der Waals surface area contributed by atoms with Crippen LogP contribution in [0.15, 0.2) is 0 Å². The first-order valence-corrected chi connectivity index (χ1v) is 5.53. The highest BCUT2D eigenvalue weighted by molar-refractivity contribution is 5.85. The van der Waals surface area contributed by atoms with Crippen molar-refractivity contribution >= 4 is 5.91 Å². The first-order chi connectivity index (χ1) is 7.25. The summed E-state index contributed by atoms with van der Waals surface area (Å²) in [7, 11) is 1.57. The molecule has 2 unspecified atom stereocenters. The SMILES string of the molecule is CCC(C)(N)C(=O)NCC(C)(O)CCOC. The average molecular weight is 232 g/mol. The quantitative estimate of drug-likeness (QED) is 0.577. The number of aliphatic hydroxyl groups is 1. The summed E-state index contributed by atoms with van der Waals surface area (Å²) in [6, 6.07) is 0. The van der Waals surface area contributed by atoms with E-state index in [1.54, 1.807) is 21.0 Å². The standard InChI is InChI=1S/C11H24N2O3/c1-5-11(3,12)9(14)13-8-10(2,15)6-7-16-4/h15H,5-8,12H2,1-4H3,(H,13,14). The zero-order valence-corrected chi connectivity index (χ0v) is 10.7. The predicted octanol–water partition coefficient (Wildman–Crippen LogP) is 0.0175. The molecule has 0 radical (unpaired) electrons. The number of carbonyl (C=O) groups excluding carboxylic acids is 1. The first-order valence-electron chi connectivity index (χ1n) is 5.53. The van der Waals surface area contributed by atoms with Gasteiger partial charge in [-0.1, -0.05) is 6.92 Å². The van der Waals surface area contributed by atoms with Gasteiger partial charge in [-0.3, -0.25) is 4.79 Å². The molecule has 16 heavy (non-hydrogen) atoms. The van der Waals surface area contributed by atoms with Crippen molar-refractivity contribution in [2.24, 2.45) is 5.73 Å². The van der Waals surface area contributed by atoms with Gasteiger partial charge in [0.2, 0.25) is 5.91 Å². The van der Waals surface area contributed by atoms with E-state index in [0.29, 0.717) is 19.4 Å². The number of methoxy groups -OCH3 is 1. The Morgan fingerprint density at radius 2 is 2.06 bits per heavy atom. The molecule has 0 aromatic heterocycles. The molecule has 0 aliphatic carbocycles. The molecular formula is C11H24N2O3. The van der Waals surface area contributed by atoms with Crippen LogP contribution < -0.4 is 11.1 Å². The Balaban J connectivity index is 4.09. The molecule has 0 fully saturated rings. The normalized spacial score (nSPS) is 18.6. The molecule has 4 N–H and O–H groups in total. The molecule has 0 aliphatic heterocycles. The molecule has 5 nitrogen and oxygen atoms in total. The van der Waals surface area contributed by atoms with Crippen LogP contribution in [0.3, 0.4) is 0 Å². The molecule has 0 heterocycles. The molecule has 0 rings (SSSR count). The molecule has 5 heteroatoms. The highest BCUT2D eigenvalue weighted by atomic mass is 16.5. The van der Waals surface area contributed by atoms with Gasteiger partial charge in [0.05, 0.1) is 11.1 Å². The summed E-state index contributed by atoms with van der Waals surface area (Å²) in [5.74, 6) is -0.243. The van der Waals surface area contributed by atoms with Gasteiger partial charge in [0.25, 0.3) is 0 Å². The Bertz CT molecular complexity index is 227. The third kappa shape index (κ3) is 5.44. The fraction of sp³-hybridized carbons (Fsp3) is 0.909. The fourth-order valence-electron chi connectivity index (χ4n) is 1.04. The van der Waals surface area contributed by atoms with Crippen LogP contribution in [-0.2, 0) is 9.53 Å². The van der Waals surface area contributed by atoms with Gasteiger partial charge in [-0.2, -0.15) is 0 Å². The first kappa shape index (κ1) is 15.3. The lowest BCUT2D eigenvalue weighted by Gasteiger charge is -2.27. The van der Waals surface area contributed by atoms with Crippen molar-refractivity contribution in [1.29, 1.82) is 0 Å². The maximum atomic E-state index is 11.6. The van der Waals surface area contributed by atoms with Crippen molar-refractivity contribution in [2.75, 3.05) is 20.3 Å². The number of amides is 1. The Morgan fingerprint density at radius 3 is 2.50 bits per heavy atom. The number of rotatable bonds is 7. The second kappa shape index (κ2) is 6.18. The van der Waals surface area contributed by atoms with Crippen LogP contribution in [0, 0.1) is 0 Å². The smallest absolute Gasteiger partial charge is 0.239 e. The molecule has 0 saturated heterocycles. The van der Waals surface area contributed by atoms with E-state index in [4.69, 9.17) is 10.5 Å². The molecule has 0 aromatic carbocycles. The molecule has 0 aromatic rings. The van der Waals surface area contributed by atoms with E-state index in [2.05, 4.69) is 5.32 Å². The topological polar surface area (TPSA) is 84.6 Å². The Hall–Kier alpha value is -0.650. The summed E-state index contributed by atoms with van der Waals surface area (Å²) in [5, 5.41) is 12.6. The van der Waals surface area contributed by atoms with Crippen LogP contribution in [0.4, 0.5) is 0 Å². The van der Waals surface area contributed by atoms with Crippen LogP contribution in [0.25, 0.3) is 0 Å². The third-order valence-electron chi connectivity index (χ3n) is 2.73. The van der Waals surface area contributed by atoms with Gasteiger partial charge in [0.1, 0.15) is 0 Å². The van der Waals surface area contributed by atoms with E-state index in [1.165, 1.54) is 0 Å². The Kier molecular flexibility index (Phi) is 5.92. The van der Waals surface area contributed by atoms with E-state index < -0.39 is 11.1 Å². The van der Waals surface area contributed by atoms with Crippen molar-refractivity contribution in [3.05, 3.63) is 0 Å². The predicted molar refractivity (Wildman–Crippen MR) is 63.0 cm³/mol. The Labute approximate surface area is 97.3 Å². The summed E-state index contributed by atoms with van der Waals surface area (Å²) in [6.45, 7) is 5.82. The molecule has 0 spiro atoms. The van der Waals surface area contributed by atoms with E-state index in [-0.39, 0.29) is 12.5 Å². The van der Waals surface area contributed by atoms with Gasteiger partial charge in [0, 0.05) is 26.7 Å². The number of nitrogens with one attached hydrogen (secondary N) is 1. The van der Waals surface area contributed by atoms with E-state index in [1.807, 2.05) is 6.92 Å². The van der Waals surface area contributed by atoms with Gasteiger partial charge in [-0.15, -0.1) is 0 Å². The summed E-state index contributed by atoms with van der Waals surface area (Å²) in [5.41, 5.74) is 3.93. The second-order valence-corrected chi connectivity index (χ2v) is 4.69. The summed E-state index contributed by atoms with van der Waals surface area (Å²) in [6.07, 6.45) is 1.02. The highest BCUT2D eigenvalue weighted by Crippen LogP contribution is 2.09. The minimum atomic E-state index is -0.963. The van der Waals surface area contributed by atoms with E-state index >= 15 is 0 Å². The van der Waals surface area contributed by atoms with Gasteiger partial charge in [0.15, 0.2) is 0 Å². The Morgan fingerprint density at radius 1 is 1.50 bits per heavy atom. The van der Waals surface area contributed by atoms with Crippen molar-refractivity contribution in [2.45, 2.75) is 44.8 Å². The zero-order valence-electron chi connectivity index (χ0n) is 10.7. The molecule has 1 amide bonds. The van der Waals surface area contributed by atoms with Crippen molar-refractivity contribution in [1.82, 2.24) is 5.32 Å². The van der Waals surface area contributed by atoms with Crippen LogP contribution in [0.5, 0.6) is 0 Å². The van der Waals surface area contributed by atoms with Crippen LogP contribution in [-0.4, -0.2) is 42.4 Å². The molecule has 0 saturated carbocycles. The molecule has 96 valence electrons. The van der Waals surface area contributed by atoms with Gasteiger partial charge < -0.3 is 20.9 Å². The molecule has 0 aliphatic rings. The number of hydrogen-bond donors (Lipinski definition) is 3. The lowest BCUT2D eigenvalue weighted by Crippen LogP contribution is -2.54. The van der Waals surface area contributed by atoms with Crippen molar-refractivity contribution in [3.63, 3.8) is 0 Å². The van der Waals surface area contributed by atoms with Gasteiger partial charge in [-0.25, -0.2) is 0 Å². The lowest BCUT2D eigenvalue weighted by atomic mass is 9.98. The van der Waals surface area contributed by atoms with Crippen LogP contribution in [0.2, 0.25) is 0 Å². The number of carbonyl (C=O) groups is 1. The highest BCUT2D eigenvalue weighted by Gasteiger charge is 2.28. The second-order valence-electron chi connectivity index (χ2n) is 4.69. The number of hydrogen-bond acceptors (Lipinski definition) is 4. The van der Waals surface area contributed by atoms with Crippen molar-refractivity contribution < 1.29 is 14.6 Å². The summed E-state index contributed by atoms with van der Waals surface area (Å²) < 4.78 is 4.88. The maximum absolute atomic E-state index is 11.6. The lowest BCUT2D eigenvalue weighted by molar-refractivity contribution is -0.127. The summed E-state index contributed by atoms with van der Waals surface area (Å²) >= 11 is 0. The van der Waals surface area contributed by atoms with E-state index in [9.17, 15) is 9.90 Å². The molecular weight excluding hydrogens is 208 g/mol. The zero-order chi connectivity index (χ0) is 12.8. The molecule has 2 atom stereocenters. The minimum absolute atomic E-state index is 0.183. The van der Waals surface area contributed by atoms with Gasteiger partial charge >= 0.3 is 0 Å². The van der Waals surface area contributed by atoms with E-state index in [0.717, 1.165) is 0 Å². The van der Waals surface area contributed by atoms with Crippen molar-refractivity contribution in [3.8, 4) is 0 Å². The minimum Gasteiger partial charge on any atom is -0.388 e. The van der Waals surface area contributed by atoms with Gasteiger partial charge in [-0.05, 0) is 20.3 Å². The summed E-state index contributed by atoms with van der Waals surface area (Å²) in [4.78, 5) is 11.6. The monoisotopic (exact) mass is 232 g/mol.